The van der Waals surface area contributed by atoms with Gasteiger partial charge in [-0.1, -0.05) is 206 Å². The van der Waals surface area contributed by atoms with Crippen molar-refractivity contribution in [2.24, 2.45) is 0 Å². The molecule has 0 heterocycles. The molecular weight excluding hydrogens is 663 g/mol. The summed E-state index contributed by atoms with van der Waals surface area (Å²) in [6, 6.07) is 84.9. The van der Waals surface area contributed by atoms with E-state index in [9.17, 15) is 0 Å². The number of benzene rings is 9. The molecule has 1 heteroatoms. The van der Waals surface area contributed by atoms with Gasteiger partial charge in [0.2, 0.25) is 0 Å². The topological polar surface area (TPSA) is 3.24 Å². The van der Waals surface area contributed by atoms with Crippen LogP contribution in [0, 0.1) is 0 Å². The third kappa shape index (κ3) is 6.76. The molecule has 1 nitrogen and oxygen atoms in total. The van der Waals surface area contributed by atoms with E-state index in [0.717, 1.165) is 22.6 Å². The smallest absolute Gasteiger partial charge is 0.0546 e. The van der Waals surface area contributed by atoms with Crippen molar-refractivity contribution in [2.75, 3.05) is 4.90 Å². The highest BCUT2D eigenvalue weighted by atomic mass is 15.1. The zero-order chi connectivity index (χ0) is 36.8. The summed E-state index contributed by atoms with van der Waals surface area (Å²) < 4.78 is 0. The predicted molar refractivity (Wildman–Crippen MR) is 234 cm³/mol. The highest BCUT2D eigenvalue weighted by molar-refractivity contribution is 6.03. The summed E-state index contributed by atoms with van der Waals surface area (Å²) in [5.74, 6) is 0. The van der Waals surface area contributed by atoms with E-state index < -0.39 is 0 Å². The highest BCUT2D eigenvalue weighted by Crippen LogP contribution is 2.49. The fourth-order valence-electron chi connectivity index (χ4n) is 7.79. The van der Waals surface area contributed by atoms with Gasteiger partial charge in [-0.05, 0) is 91.5 Å². The molecule has 0 aliphatic heterocycles. The van der Waals surface area contributed by atoms with E-state index in [1.807, 2.05) is 0 Å². The van der Waals surface area contributed by atoms with Crippen LogP contribution >= 0.6 is 0 Å². The van der Waals surface area contributed by atoms with E-state index in [2.05, 4.69) is 241 Å². The van der Waals surface area contributed by atoms with E-state index in [-0.39, 0.29) is 0 Å². The van der Waals surface area contributed by atoms with Crippen LogP contribution in [0.5, 0.6) is 0 Å². The maximum absolute atomic E-state index is 2.41. The quantitative estimate of drug-likeness (QED) is 0.145. The summed E-state index contributed by atoms with van der Waals surface area (Å²) in [5, 5.41) is 0. The first-order valence-electron chi connectivity index (χ1n) is 18.9. The molecule has 260 valence electrons. The van der Waals surface area contributed by atoms with Gasteiger partial charge in [-0.2, -0.15) is 0 Å². The summed E-state index contributed by atoms with van der Waals surface area (Å²) in [4.78, 5) is 2.41. The fourth-order valence-corrected chi connectivity index (χ4v) is 7.79. The lowest BCUT2D eigenvalue weighted by Crippen LogP contribution is -2.12. The molecule has 0 atom stereocenters. The summed E-state index contributed by atoms with van der Waals surface area (Å²) >= 11 is 0. The van der Waals surface area contributed by atoms with Gasteiger partial charge in [0.25, 0.3) is 0 Å². The van der Waals surface area contributed by atoms with E-state index in [1.54, 1.807) is 0 Å². The van der Waals surface area contributed by atoms with E-state index in [1.165, 1.54) is 61.2 Å². The van der Waals surface area contributed by atoms with Crippen LogP contribution < -0.4 is 4.90 Å². The summed E-state index contributed by atoms with van der Waals surface area (Å²) in [6.07, 6.45) is 0. The number of anilines is 3. The van der Waals surface area contributed by atoms with E-state index >= 15 is 0 Å². The van der Waals surface area contributed by atoms with Crippen LogP contribution in [-0.2, 0) is 0 Å². The Labute approximate surface area is 324 Å². The van der Waals surface area contributed by atoms with Crippen molar-refractivity contribution < 1.29 is 0 Å². The van der Waals surface area contributed by atoms with Crippen LogP contribution in [-0.4, -0.2) is 0 Å². The molecule has 0 aliphatic rings. The van der Waals surface area contributed by atoms with Gasteiger partial charge < -0.3 is 4.90 Å². The first kappa shape index (κ1) is 33.6. The first-order chi connectivity index (χ1) is 27.3. The minimum atomic E-state index is 1.08. The highest BCUT2D eigenvalue weighted by Gasteiger charge is 2.24. The maximum Gasteiger partial charge on any atom is 0.0546 e. The molecule has 0 radical (unpaired) electrons. The van der Waals surface area contributed by atoms with Crippen LogP contribution in [0.25, 0.3) is 66.8 Å². The third-order valence-corrected chi connectivity index (χ3v) is 10.3. The van der Waals surface area contributed by atoms with Gasteiger partial charge in [0.1, 0.15) is 0 Å². The summed E-state index contributed by atoms with van der Waals surface area (Å²) in [6.45, 7) is 0. The van der Waals surface area contributed by atoms with Gasteiger partial charge in [-0.15, -0.1) is 0 Å². The first-order valence-corrected chi connectivity index (χ1v) is 18.9. The molecule has 0 aromatic heterocycles. The molecule has 0 saturated carbocycles. The van der Waals surface area contributed by atoms with Crippen LogP contribution in [0.3, 0.4) is 0 Å². The number of para-hydroxylation sites is 1. The van der Waals surface area contributed by atoms with Gasteiger partial charge in [0, 0.05) is 16.9 Å². The Bertz CT molecular complexity index is 2650. The van der Waals surface area contributed by atoms with Crippen LogP contribution in [0.15, 0.2) is 237 Å². The molecule has 0 spiro atoms. The monoisotopic (exact) mass is 701 g/mol. The van der Waals surface area contributed by atoms with Crippen molar-refractivity contribution in [1.29, 1.82) is 0 Å². The Morgan fingerprint density at radius 1 is 0.200 bits per heavy atom. The van der Waals surface area contributed by atoms with Gasteiger partial charge in [-0.3, -0.25) is 0 Å². The standard InChI is InChI=1S/C54H39N/c1-6-20-40(21-7-1)47-30-16-18-32-50(47)51-33-19-17-31-48(51)42-34-36-46(37-35-42)55(45-28-14-5-15-29-45)52-39-38-49(41-22-8-2-9-23-41)53(43-24-10-3-11-25-43)54(52)44-26-12-4-13-27-44/h1-39H. The van der Waals surface area contributed by atoms with Crippen molar-refractivity contribution in [2.45, 2.75) is 0 Å². The Hall–Kier alpha value is -7.22. The average molecular weight is 702 g/mol. The van der Waals surface area contributed by atoms with Crippen molar-refractivity contribution in [1.82, 2.24) is 0 Å². The molecule has 55 heavy (non-hydrogen) atoms. The zero-order valence-corrected chi connectivity index (χ0v) is 30.5. The lowest BCUT2D eigenvalue weighted by molar-refractivity contribution is 1.28. The van der Waals surface area contributed by atoms with Gasteiger partial charge in [0.15, 0.2) is 0 Å². The van der Waals surface area contributed by atoms with Crippen LogP contribution in [0.2, 0.25) is 0 Å². The van der Waals surface area contributed by atoms with Crippen LogP contribution in [0.4, 0.5) is 17.1 Å². The summed E-state index contributed by atoms with van der Waals surface area (Å²) in [7, 11) is 0. The minimum Gasteiger partial charge on any atom is -0.310 e. The fraction of sp³-hybridized carbons (Fsp3) is 0. The minimum absolute atomic E-state index is 1.08. The van der Waals surface area contributed by atoms with Gasteiger partial charge in [-0.25, -0.2) is 0 Å². The second kappa shape index (κ2) is 15.4. The molecule has 0 fully saturated rings. The normalized spacial score (nSPS) is 10.9. The summed E-state index contributed by atoms with van der Waals surface area (Å²) in [5.41, 5.74) is 17.7. The Morgan fingerprint density at radius 3 is 1.04 bits per heavy atom. The number of nitrogens with zero attached hydrogens (tertiary/aromatic N) is 1. The molecule has 0 saturated heterocycles. The maximum atomic E-state index is 2.41. The number of hydrogen-bond donors (Lipinski definition) is 0. The van der Waals surface area contributed by atoms with Crippen LogP contribution in [0.1, 0.15) is 0 Å². The van der Waals surface area contributed by atoms with Crippen molar-refractivity contribution in [3.63, 3.8) is 0 Å². The number of hydrogen-bond acceptors (Lipinski definition) is 1. The van der Waals surface area contributed by atoms with Gasteiger partial charge >= 0.3 is 0 Å². The molecule has 0 amide bonds. The molecule has 9 aromatic rings. The average Bonchev–Trinajstić information content (AvgIpc) is 3.28. The molecule has 9 aromatic carbocycles. The lowest BCUT2D eigenvalue weighted by atomic mass is 9.86. The molecule has 9 rings (SSSR count). The second-order valence-electron chi connectivity index (χ2n) is 13.7. The van der Waals surface area contributed by atoms with Crippen molar-refractivity contribution in [3.8, 4) is 66.8 Å². The second-order valence-corrected chi connectivity index (χ2v) is 13.7. The molecule has 0 unspecified atom stereocenters. The largest absolute Gasteiger partial charge is 0.310 e. The Balaban J connectivity index is 1.23. The molecule has 0 aliphatic carbocycles. The van der Waals surface area contributed by atoms with Crippen molar-refractivity contribution in [3.05, 3.63) is 237 Å². The Morgan fingerprint density at radius 2 is 0.545 bits per heavy atom. The third-order valence-electron chi connectivity index (χ3n) is 10.3. The van der Waals surface area contributed by atoms with E-state index in [4.69, 9.17) is 0 Å². The predicted octanol–water partition coefficient (Wildman–Crippen LogP) is 15.2. The molecular formula is C54H39N. The van der Waals surface area contributed by atoms with Gasteiger partial charge in [0.05, 0.1) is 5.69 Å². The SMILES string of the molecule is c1ccc(-c2ccccc2-c2ccccc2-c2ccc(N(c3ccccc3)c3ccc(-c4ccccc4)c(-c4ccccc4)c3-c3ccccc3)cc2)cc1. The zero-order valence-electron chi connectivity index (χ0n) is 30.5. The molecule has 0 N–H and O–H groups in total. The van der Waals surface area contributed by atoms with Crippen molar-refractivity contribution >= 4 is 17.1 Å². The molecule has 0 bridgehead atoms. The Kier molecular flexibility index (Phi) is 9.41. The number of rotatable bonds is 9. The lowest BCUT2D eigenvalue weighted by Gasteiger charge is -2.30. The van der Waals surface area contributed by atoms with E-state index in [0.29, 0.717) is 0 Å².